The Morgan fingerprint density at radius 3 is 2.07 bits per heavy atom. The van der Waals surface area contributed by atoms with Crippen LogP contribution in [0.4, 0.5) is 8.78 Å². The van der Waals surface area contributed by atoms with Crippen molar-refractivity contribution in [2.45, 2.75) is 26.0 Å². The lowest BCUT2D eigenvalue weighted by Crippen LogP contribution is -2.33. The van der Waals surface area contributed by atoms with E-state index in [9.17, 15) is 18.4 Å². The molecule has 160 valence electrons. The Kier molecular flexibility index (Phi) is 7.73. The molecular weight excluding hydrogens is 392 g/mol. The number of hydrogen-bond acceptors (Lipinski definition) is 4. The van der Waals surface area contributed by atoms with E-state index in [1.54, 1.807) is 24.3 Å². The van der Waals surface area contributed by atoms with Crippen molar-refractivity contribution >= 4 is 11.8 Å². The molecule has 2 amide bonds. The van der Waals surface area contributed by atoms with E-state index in [0.29, 0.717) is 17.7 Å². The second-order valence-electron chi connectivity index (χ2n) is 7.09. The Morgan fingerprint density at radius 1 is 0.900 bits per heavy atom. The minimum atomic E-state index is -2.90. The number of amides is 2. The molecule has 6 nitrogen and oxygen atoms in total. The summed E-state index contributed by atoms with van der Waals surface area (Å²) in [4.78, 5) is 26.7. The summed E-state index contributed by atoms with van der Waals surface area (Å²) in [5, 5.41) is 5.68. The van der Waals surface area contributed by atoms with E-state index in [0.717, 1.165) is 25.2 Å². The lowest BCUT2D eigenvalue weighted by Gasteiger charge is -2.14. The first kappa shape index (κ1) is 21.7. The molecule has 0 aromatic heterocycles. The smallest absolute Gasteiger partial charge is 0.387 e. The molecule has 3 rings (SSSR count). The van der Waals surface area contributed by atoms with E-state index in [1.807, 2.05) is 0 Å². The van der Waals surface area contributed by atoms with Crippen molar-refractivity contribution in [1.29, 1.82) is 0 Å². The summed E-state index contributed by atoms with van der Waals surface area (Å²) in [6, 6.07) is 12.5. The highest BCUT2D eigenvalue weighted by atomic mass is 19.3. The van der Waals surface area contributed by atoms with E-state index >= 15 is 0 Å². The van der Waals surface area contributed by atoms with Crippen molar-refractivity contribution in [3.8, 4) is 5.75 Å². The first-order chi connectivity index (χ1) is 14.5. The molecule has 0 aliphatic carbocycles. The average molecular weight is 417 g/mol. The molecule has 8 heteroatoms. The van der Waals surface area contributed by atoms with Gasteiger partial charge in [-0.1, -0.05) is 12.1 Å². The van der Waals surface area contributed by atoms with Crippen LogP contribution in [0.3, 0.4) is 0 Å². The van der Waals surface area contributed by atoms with Gasteiger partial charge in [0.15, 0.2) is 0 Å². The van der Waals surface area contributed by atoms with Crippen LogP contribution < -0.4 is 15.4 Å². The molecule has 0 spiro atoms. The average Bonchev–Trinajstić information content (AvgIpc) is 3.26. The summed E-state index contributed by atoms with van der Waals surface area (Å²) in [6.07, 6.45) is 2.45. The SMILES string of the molecule is O=C(NCCN1CCCC1)c1ccc(CNC(=O)c2ccc(OC(F)F)cc2)cc1. The Balaban J connectivity index is 1.43. The maximum Gasteiger partial charge on any atom is 0.387 e. The minimum absolute atomic E-state index is 0.00385. The van der Waals surface area contributed by atoms with Gasteiger partial charge in [0, 0.05) is 30.8 Å². The molecule has 1 saturated heterocycles. The lowest BCUT2D eigenvalue weighted by molar-refractivity contribution is -0.0498. The summed E-state index contributed by atoms with van der Waals surface area (Å²) < 4.78 is 28.6. The molecule has 1 heterocycles. The fraction of sp³-hybridized carbons (Fsp3) is 0.364. The molecule has 2 aromatic carbocycles. The number of halogens is 2. The zero-order valence-corrected chi connectivity index (χ0v) is 16.6. The van der Waals surface area contributed by atoms with Gasteiger partial charge in [0.25, 0.3) is 11.8 Å². The third kappa shape index (κ3) is 6.52. The van der Waals surface area contributed by atoms with E-state index in [4.69, 9.17) is 0 Å². The van der Waals surface area contributed by atoms with Crippen LogP contribution in [0, 0.1) is 0 Å². The van der Waals surface area contributed by atoms with Crippen molar-refractivity contribution in [2.75, 3.05) is 26.2 Å². The predicted molar refractivity (Wildman–Crippen MR) is 109 cm³/mol. The number of carbonyl (C=O) groups excluding carboxylic acids is 2. The van der Waals surface area contributed by atoms with Gasteiger partial charge in [-0.3, -0.25) is 9.59 Å². The summed E-state index contributed by atoms with van der Waals surface area (Å²) in [7, 11) is 0. The Bertz CT molecular complexity index is 836. The van der Waals surface area contributed by atoms with E-state index in [2.05, 4.69) is 20.3 Å². The number of ether oxygens (including phenoxy) is 1. The largest absolute Gasteiger partial charge is 0.435 e. The highest BCUT2D eigenvalue weighted by Gasteiger charge is 2.12. The van der Waals surface area contributed by atoms with E-state index in [1.165, 1.54) is 37.1 Å². The minimum Gasteiger partial charge on any atom is -0.435 e. The van der Waals surface area contributed by atoms with Crippen LogP contribution >= 0.6 is 0 Å². The van der Waals surface area contributed by atoms with Gasteiger partial charge in [0.1, 0.15) is 5.75 Å². The van der Waals surface area contributed by atoms with Gasteiger partial charge in [0.2, 0.25) is 0 Å². The molecule has 1 aliphatic rings. The van der Waals surface area contributed by atoms with Crippen molar-refractivity contribution < 1.29 is 23.1 Å². The highest BCUT2D eigenvalue weighted by Crippen LogP contribution is 2.15. The Morgan fingerprint density at radius 2 is 1.47 bits per heavy atom. The molecule has 2 N–H and O–H groups in total. The molecule has 1 fully saturated rings. The zero-order valence-electron chi connectivity index (χ0n) is 16.6. The Labute approximate surface area is 174 Å². The van der Waals surface area contributed by atoms with Crippen molar-refractivity contribution in [1.82, 2.24) is 15.5 Å². The van der Waals surface area contributed by atoms with Crippen LogP contribution in [0.25, 0.3) is 0 Å². The number of likely N-dealkylation sites (tertiary alicyclic amines) is 1. The zero-order chi connectivity index (χ0) is 21.3. The topological polar surface area (TPSA) is 70.7 Å². The first-order valence-electron chi connectivity index (χ1n) is 9.94. The molecular formula is C22H25F2N3O3. The molecule has 2 aromatic rings. The molecule has 0 saturated carbocycles. The Hall–Kier alpha value is -3.00. The first-order valence-corrected chi connectivity index (χ1v) is 9.94. The summed E-state index contributed by atoms with van der Waals surface area (Å²) in [5.74, 6) is -0.450. The fourth-order valence-electron chi connectivity index (χ4n) is 3.28. The summed E-state index contributed by atoms with van der Waals surface area (Å²) >= 11 is 0. The van der Waals surface area contributed by atoms with Gasteiger partial charge in [0.05, 0.1) is 0 Å². The van der Waals surface area contributed by atoms with Crippen LogP contribution in [-0.4, -0.2) is 49.5 Å². The molecule has 0 radical (unpaired) electrons. The second-order valence-corrected chi connectivity index (χ2v) is 7.09. The van der Waals surface area contributed by atoms with Gasteiger partial charge >= 0.3 is 6.61 Å². The van der Waals surface area contributed by atoms with Crippen LogP contribution in [0.5, 0.6) is 5.75 Å². The van der Waals surface area contributed by atoms with Gasteiger partial charge in [-0.2, -0.15) is 8.78 Å². The van der Waals surface area contributed by atoms with E-state index < -0.39 is 6.61 Å². The number of rotatable bonds is 9. The predicted octanol–water partition coefficient (Wildman–Crippen LogP) is 3.04. The van der Waals surface area contributed by atoms with Crippen LogP contribution in [0.1, 0.15) is 39.1 Å². The van der Waals surface area contributed by atoms with Crippen LogP contribution in [-0.2, 0) is 6.54 Å². The lowest BCUT2D eigenvalue weighted by atomic mass is 10.1. The molecule has 30 heavy (non-hydrogen) atoms. The number of hydrogen-bond donors (Lipinski definition) is 2. The summed E-state index contributed by atoms with van der Waals surface area (Å²) in [6.45, 7) is 1.07. The number of nitrogens with zero attached hydrogens (tertiary/aromatic N) is 1. The molecule has 0 unspecified atom stereocenters. The third-order valence-electron chi connectivity index (χ3n) is 4.92. The third-order valence-corrected chi connectivity index (χ3v) is 4.92. The second kappa shape index (κ2) is 10.7. The van der Waals surface area contributed by atoms with Gasteiger partial charge in [-0.15, -0.1) is 0 Å². The van der Waals surface area contributed by atoms with Crippen molar-refractivity contribution in [3.63, 3.8) is 0 Å². The number of carbonyl (C=O) groups is 2. The standard InChI is InChI=1S/C22H25F2N3O3/c23-22(24)30-19-9-7-18(8-10-19)21(29)26-15-16-3-5-17(6-4-16)20(28)25-11-14-27-12-1-2-13-27/h3-10,22H,1-2,11-15H2,(H,25,28)(H,26,29). The normalized spacial score (nSPS) is 14.0. The molecule has 0 atom stereocenters. The van der Waals surface area contributed by atoms with Crippen molar-refractivity contribution in [3.05, 3.63) is 65.2 Å². The quantitative estimate of drug-likeness (QED) is 0.658. The summed E-state index contributed by atoms with van der Waals surface area (Å²) in [5.41, 5.74) is 1.75. The van der Waals surface area contributed by atoms with E-state index in [-0.39, 0.29) is 24.1 Å². The van der Waals surface area contributed by atoms with Gasteiger partial charge < -0.3 is 20.3 Å². The highest BCUT2D eigenvalue weighted by molar-refractivity contribution is 5.95. The maximum absolute atomic E-state index is 12.2. The van der Waals surface area contributed by atoms with Crippen LogP contribution in [0.15, 0.2) is 48.5 Å². The number of alkyl halides is 2. The molecule has 1 aliphatic heterocycles. The van der Waals surface area contributed by atoms with Crippen LogP contribution in [0.2, 0.25) is 0 Å². The number of nitrogens with one attached hydrogen (secondary N) is 2. The van der Waals surface area contributed by atoms with Gasteiger partial charge in [-0.25, -0.2) is 0 Å². The maximum atomic E-state index is 12.2. The van der Waals surface area contributed by atoms with Crippen molar-refractivity contribution in [2.24, 2.45) is 0 Å². The monoisotopic (exact) mass is 417 g/mol. The molecule has 0 bridgehead atoms. The number of benzene rings is 2. The fourth-order valence-corrected chi connectivity index (χ4v) is 3.28. The van der Waals surface area contributed by atoms with Gasteiger partial charge in [-0.05, 0) is 67.9 Å².